The van der Waals surface area contributed by atoms with Crippen LogP contribution in [0, 0.1) is 0 Å². The molecule has 0 aliphatic carbocycles. The summed E-state index contributed by atoms with van der Waals surface area (Å²) in [5, 5.41) is 7.13. The molecule has 37 heavy (non-hydrogen) atoms. The van der Waals surface area contributed by atoms with Crippen molar-refractivity contribution in [2.45, 2.75) is 19.4 Å². The Morgan fingerprint density at radius 1 is 0.838 bits per heavy atom. The normalized spacial score (nSPS) is 22.8. The maximum atomic E-state index is 5.62. The molecule has 2 fully saturated rings. The molecule has 8 nitrogen and oxygen atoms in total. The maximum Gasteiger partial charge on any atom is 0.227 e. The first-order valence-corrected chi connectivity index (χ1v) is 13.6. The van der Waals surface area contributed by atoms with Gasteiger partial charge in [0.1, 0.15) is 0 Å². The first kappa shape index (κ1) is 24.3. The molecule has 1 aromatic heterocycles. The van der Waals surface area contributed by atoms with Crippen LogP contribution in [0.4, 0.5) is 17.3 Å². The van der Waals surface area contributed by atoms with Crippen molar-refractivity contribution in [2.24, 2.45) is 0 Å². The molecule has 6 aliphatic rings. The number of anilines is 3. The van der Waals surface area contributed by atoms with Crippen LogP contribution in [-0.4, -0.2) is 85.5 Å². The Kier molecular flexibility index (Phi) is 7.60. The lowest BCUT2D eigenvalue weighted by atomic mass is 10.1. The second kappa shape index (κ2) is 11.6. The molecule has 2 aromatic carbocycles. The summed E-state index contributed by atoms with van der Waals surface area (Å²) in [6, 6.07) is 17.5. The summed E-state index contributed by atoms with van der Waals surface area (Å²) in [7, 11) is 0. The van der Waals surface area contributed by atoms with Gasteiger partial charge in [-0.05, 0) is 54.8 Å². The topological polar surface area (TPSA) is 68.8 Å². The first-order chi connectivity index (χ1) is 18.3. The number of aryl methyl sites for hydroxylation is 1. The fraction of sp³-hybridized carbons (Fsp3) is 0.448. The number of rotatable bonds is 1. The van der Waals surface area contributed by atoms with Crippen LogP contribution in [0.1, 0.15) is 17.5 Å². The third-order valence-corrected chi connectivity index (χ3v) is 7.61. The zero-order chi connectivity index (χ0) is 24.9. The van der Waals surface area contributed by atoms with Gasteiger partial charge in [-0.2, -0.15) is 0 Å². The van der Waals surface area contributed by atoms with Crippen LogP contribution in [0.15, 0.2) is 54.7 Å². The van der Waals surface area contributed by atoms with Gasteiger partial charge in [-0.25, -0.2) is 9.97 Å². The van der Waals surface area contributed by atoms with Crippen molar-refractivity contribution in [2.75, 3.05) is 75.9 Å². The molecule has 0 atom stereocenters. The second-order valence-electron chi connectivity index (χ2n) is 10.2. The molecule has 6 aliphatic heterocycles. The number of aromatic nitrogens is 2. The minimum absolute atomic E-state index is 0.622. The van der Waals surface area contributed by atoms with Crippen molar-refractivity contribution in [3.8, 4) is 11.3 Å². The highest BCUT2D eigenvalue weighted by Crippen LogP contribution is 2.29. The van der Waals surface area contributed by atoms with Gasteiger partial charge in [0, 0.05) is 75.6 Å². The molecule has 0 amide bonds. The lowest BCUT2D eigenvalue weighted by molar-refractivity contribution is 0.118. The van der Waals surface area contributed by atoms with Crippen molar-refractivity contribution in [3.63, 3.8) is 0 Å². The Labute approximate surface area is 219 Å². The molecule has 0 radical (unpaired) electrons. The number of nitrogens with zero attached hydrogens (tertiary/aromatic N) is 5. The van der Waals surface area contributed by atoms with Crippen LogP contribution in [0.3, 0.4) is 0 Å². The van der Waals surface area contributed by atoms with Crippen molar-refractivity contribution in [3.05, 3.63) is 65.9 Å². The SMILES string of the molecule is c1cc2nc(n1)Nc1ccc(N3CCOCC3)c(c1)CN1CCN(CC1)CNCCCc1ccc-2cc1. The highest BCUT2D eigenvalue weighted by molar-refractivity contribution is 5.66. The van der Waals surface area contributed by atoms with Gasteiger partial charge in [0.25, 0.3) is 0 Å². The third kappa shape index (κ3) is 6.10. The molecule has 3 aromatic rings. The van der Waals surface area contributed by atoms with Gasteiger partial charge < -0.3 is 20.3 Å². The highest BCUT2D eigenvalue weighted by atomic mass is 16.5. The van der Waals surface area contributed by atoms with Gasteiger partial charge in [-0.15, -0.1) is 0 Å². The van der Waals surface area contributed by atoms with E-state index in [1.807, 2.05) is 12.3 Å². The summed E-state index contributed by atoms with van der Waals surface area (Å²) in [4.78, 5) is 16.9. The average molecular weight is 500 g/mol. The summed E-state index contributed by atoms with van der Waals surface area (Å²) in [5.74, 6) is 0.622. The van der Waals surface area contributed by atoms with E-state index in [-0.39, 0.29) is 0 Å². The molecule has 2 N–H and O–H groups in total. The molecule has 9 rings (SSSR count). The predicted molar refractivity (Wildman–Crippen MR) is 148 cm³/mol. The number of morpholine rings is 1. The third-order valence-electron chi connectivity index (χ3n) is 7.61. The van der Waals surface area contributed by atoms with E-state index in [2.05, 4.69) is 72.8 Å². The number of benzene rings is 2. The molecule has 8 heteroatoms. The minimum Gasteiger partial charge on any atom is -0.378 e. The fourth-order valence-electron chi connectivity index (χ4n) is 5.45. The lowest BCUT2D eigenvalue weighted by Gasteiger charge is -2.36. The Balaban J connectivity index is 1.30. The van der Waals surface area contributed by atoms with Crippen LogP contribution in [0.25, 0.3) is 11.3 Å². The number of hydrogen-bond acceptors (Lipinski definition) is 8. The van der Waals surface area contributed by atoms with Crippen LogP contribution < -0.4 is 15.5 Å². The smallest absolute Gasteiger partial charge is 0.227 e. The maximum absolute atomic E-state index is 5.62. The molecule has 194 valence electrons. The fourth-order valence-corrected chi connectivity index (χ4v) is 5.45. The van der Waals surface area contributed by atoms with E-state index in [1.54, 1.807) is 0 Å². The second-order valence-corrected chi connectivity index (χ2v) is 10.2. The molecule has 0 spiro atoms. The zero-order valence-corrected chi connectivity index (χ0v) is 21.5. The molecular weight excluding hydrogens is 462 g/mol. The zero-order valence-electron chi connectivity index (χ0n) is 21.5. The van der Waals surface area contributed by atoms with Gasteiger partial charge in [-0.1, -0.05) is 24.3 Å². The quantitative estimate of drug-likeness (QED) is 0.529. The van der Waals surface area contributed by atoms with E-state index in [0.717, 1.165) is 102 Å². The van der Waals surface area contributed by atoms with Gasteiger partial charge >= 0.3 is 0 Å². The van der Waals surface area contributed by atoms with Crippen LogP contribution >= 0.6 is 0 Å². The standard InChI is InChI=1S/C29H37N7O/c1-2-23-3-5-24(6-4-23)27-9-11-31-29(33-27)32-26-7-8-28(36-16-18-37-19-17-36)25(20-26)21-34-12-14-35(15-13-34)22-30-10-1/h3-9,11,20,30H,1-2,10,12-19,21-22H2,(H,31,32,33). The van der Waals surface area contributed by atoms with E-state index in [4.69, 9.17) is 9.72 Å². The van der Waals surface area contributed by atoms with Crippen molar-refractivity contribution >= 4 is 17.3 Å². The van der Waals surface area contributed by atoms with E-state index >= 15 is 0 Å². The Morgan fingerprint density at radius 2 is 1.65 bits per heavy atom. The lowest BCUT2D eigenvalue weighted by Crippen LogP contribution is -2.49. The first-order valence-electron chi connectivity index (χ1n) is 13.6. The van der Waals surface area contributed by atoms with Gasteiger partial charge in [0.05, 0.1) is 18.9 Å². The Morgan fingerprint density at radius 3 is 2.49 bits per heavy atom. The molecule has 0 unspecified atom stereocenters. The van der Waals surface area contributed by atoms with Gasteiger partial charge in [-0.3, -0.25) is 9.80 Å². The molecule has 0 saturated carbocycles. The molecule has 2 saturated heterocycles. The van der Waals surface area contributed by atoms with E-state index in [1.165, 1.54) is 16.8 Å². The van der Waals surface area contributed by atoms with Gasteiger partial charge in [0.2, 0.25) is 5.95 Å². The monoisotopic (exact) mass is 499 g/mol. The Bertz CT molecular complexity index is 1170. The molecule has 8 bridgehead atoms. The number of piperazine rings is 1. The predicted octanol–water partition coefficient (Wildman–Crippen LogP) is 3.33. The van der Waals surface area contributed by atoms with E-state index < -0.39 is 0 Å². The molecular formula is C29H37N7O. The Hall–Kier alpha value is -3.04. The van der Waals surface area contributed by atoms with Crippen LogP contribution in [0.5, 0.6) is 0 Å². The summed E-state index contributed by atoms with van der Waals surface area (Å²) < 4.78 is 5.62. The number of ether oxygens (including phenoxy) is 1. The summed E-state index contributed by atoms with van der Waals surface area (Å²) in [6.45, 7) is 10.7. The van der Waals surface area contributed by atoms with E-state index in [9.17, 15) is 0 Å². The summed E-state index contributed by atoms with van der Waals surface area (Å²) >= 11 is 0. The number of nitrogens with one attached hydrogen (secondary N) is 2. The van der Waals surface area contributed by atoms with Crippen LogP contribution in [-0.2, 0) is 17.7 Å². The van der Waals surface area contributed by atoms with E-state index in [0.29, 0.717) is 5.95 Å². The summed E-state index contributed by atoms with van der Waals surface area (Å²) in [5.41, 5.74) is 7.08. The average Bonchev–Trinajstić information content (AvgIpc) is 2.95. The van der Waals surface area contributed by atoms with Crippen molar-refractivity contribution in [1.82, 2.24) is 25.1 Å². The number of hydrogen-bond donors (Lipinski definition) is 2. The van der Waals surface area contributed by atoms with Crippen LogP contribution in [0.2, 0.25) is 0 Å². The molecule has 7 heterocycles. The minimum atomic E-state index is 0.622. The summed E-state index contributed by atoms with van der Waals surface area (Å²) in [6.07, 6.45) is 4.06. The van der Waals surface area contributed by atoms with Crippen molar-refractivity contribution < 1.29 is 4.74 Å². The van der Waals surface area contributed by atoms with Gasteiger partial charge in [0.15, 0.2) is 0 Å². The largest absolute Gasteiger partial charge is 0.378 e. The highest BCUT2D eigenvalue weighted by Gasteiger charge is 2.21. The van der Waals surface area contributed by atoms with Crippen molar-refractivity contribution in [1.29, 1.82) is 0 Å².